The van der Waals surface area contributed by atoms with Crippen LogP contribution in [0.5, 0.6) is 0 Å². The largest absolute Gasteiger partial charge is 0.456 e. The van der Waals surface area contributed by atoms with Crippen LogP contribution in [0.3, 0.4) is 0 Å². The van der Waals surface area contributed by atoms with E-state index in [0.29, 0.717) is 0 Å². The number of para-hydroxylation sites is 6. The molecule has 13 aromatic rings. The van der Waals surface area contributed by atoms with Crippen molar-refractivity contribution in [3.8, 4) is 16.8 Å². The van der Waals surface area contributed by atoms with E-state index in [4.69, 9.17) is 13.3 Å². The standard InChI is InChI=1S/C54H32N2O3/c1-2-13-33(14-3-1)55(36-29-30-39-37-15-5-9-22-46(37)57-49(39)31-36)34-25-27-35(28-26-34)56-44-21-8-4-17-41(44)51-45(56)32-50-52(42-18-7-11-24-48(42)58-50)53(51)43-20-12-19-40-38-16-6-10-23-47(38)59-54(40)43/h1-32H. The van der Waals surface area contributed by atoms with Gasteiger partial charge in [-0.25, -0.2) is 0 Å². The number of aromatic nitrogens is 1. The van der Waals surface area contributed by atoms with Crippen LogP contribution in [0.25, 0.3) is 104 Å². The SMILES string of the molecule is c1ccc(N(c2ccc(-n3c4ccccc4c4c(-c5cccc6c5oc5ccccc56)c5c(cc43)oc3ccccc35)cc2)c2ccc3c(c2)oc2ccccc23)cc1. The Morgan fingerprint density at radius 2 is 0.915 bits per heavy atom. The molecule has 0 atom stereocenters. The molecule has 0 unspecified atom stereocenters. The average Bonchev–Trinajstić information content (AvgIpc) is 4.05. The summed E-state index contributed by atoms with van der Waals surface area (Å²) in [5.41, 5.74) is 13.7. The number of furan rings is 3. The fourth-order valence-corrected chi connectivity index (χ4v) is 9.45. The summed E-state index contributed by atoms with van der Waals surface area (Å²) in [7, 11) is 0. The van der Waals surface area contributed by atoms with Crippen LogP contribution in [-0.2, 0) is 0 Å². The van der Waals surface area contributed by atoms with Gasteiger partial charge in [0.15, 0.2) is 0 Å². The smallest absolute Gasteiger partial charge is 0.143 e. The molecule has 13 rings (SSSR count). The van der Waals surface area contributed by atoms with Gasteiger partial charge in [0.05, 0.1) is 11.0 Å². The van der Waals surface area contributed by atoms with Crippen LogP contribution in [0.2, 0.25) is 0 Å². The monoisotopic (exact) mass is 756 g/mol. The van der Waals surface area contributed by atoms with Crippen molar-refractivity contribution < 1.29 is 13.3 Å². The van der Waals surface area contributed by atoms with Gasteiger partial charge in [0.2, 0.25) is 0 Å². The summed E-state index contributed by atoms with van der Waals surface area (Å²) in [5, 5.41) is 8.90. The third-order valence-corrected chi connectivity index (χ3v) is 12.0. The number of benzene rings is 9. The van der Waals surface area contributed by atoms with Crippen LogP contribution >= 0.6 is 0 Å². The van der Waals surface area contributed by atoms with Crippen LogP contribution in [0.4, 0.5) is 17.1 Å². The number of rotatable bonds is 5. The van der Waals surface area contributed by atoms with Crippen LogP contribution in [-0.4, -0.2) is 4.57 Å². The number of nitrogens with zero attached hydrogens (tertiary/aromatic N) is 2. The van der Waals surface area contributed by atoms with E-state index in [1.807, 2.05) is 30.3 Å². The molecule has 0 fully saturated rings. The highest BCUT2D eigenvalue weighted by Gasteiger charge is 2.25. The summed E-state index contributed by atoms with van der Waals surface area (Å²) < 4.78 is 22.2. The molecule has 4 aromatic heterocycles. The molecule has 0 radical (unpaired) electrons. The van der Waals surface area contributed by atoms with Gasteiger partial charge in [0.1, 0.15) is 33.5 Å². The molecule has 0 saturated heterocycles. The van der Waals surface area contributed by atoms with E-state index in [1.54, 1.807) is 0 Å². The van der Waals surface area contributed by atoms with Crippen LogP contribution in [0.1, 0.15) is 0 Å². The summed E-state index contributed by atoms with van der Waals surface area (Å²) in [6, 6.07) is 68.2. The van der Waals surface area contributed by atoms with Crippen molar-refractivity contribution in [2.75, 3.05) is 4.90 Å². The van der Waals surface area contributed by atoms with Crippen LogP contribution < -0.4 is 4.90 Å². The summed E-state index contributed by atoms with van der Waals surface area (Å²) in [6.07, 6.45) is 0. The molecule has 0 bridgehead atoms. The Balaban J connectivity index is 1.05. The van der Waals surface area contributed by atoms with E-state index in [2.05, 4.69) is 173 Å². The second-order valence-electron chi connectivity index (χ2n) is 15.2. The molecule has 0 aliphatic rings. The zero-order chi connectivity index (χ0) is 38.6. The zero-order valence-corrected chi connectivity index (χ0v) is 31.6. The van der Waals surface area contributed by atoms with E-state index in [9.17, 15) is 0 Å². The molecular formula is C54H32N2O3. The van der Waals surface area contributed by atoms with E-state index in [1.165, 1.54) is 0 Å². The second-order valence-corrected chi connectivity index (χ2v) is 15.2. The Morgan fingerprint density at radius 3 is 1.71 bits per heavy atom. The summed E-state index contributed by atoms with van der Waals surface area (Å²) in [6.45, 7) is 0. The fourth-order valence-electron chi connectivity index (χ4n) is 9.45. The van der Waals surface area contributed by atoms with Gasteiger partial charge in [-0.05, 0) is 72.8 Å². The maximum Gasteiger partial charge on any atom is 0.143 e. The first-order valence-electron chi connectivity index (χ1n) is 19.9. The van der Waals surface area contributed by atoms with Crippen molar-refractivity contribution in [1.29, 1.82) is 0 Å². The predicted octanol–water partition coefficient (Wildman–Crippen LogP) is 15.6. The van der Waals surface area contributed by atoms with Gasteiger partial charge in [-0.1, -0.05) is 109 Å². The van der Waals surface area contributed by atoms with Crippen molar-refractivity contribution in [2.24, 2.45) is 0 Å². The van der Waals surface area contributed by atoms with Gasteiger partial charge < -0.3 is 22.7 Å². The Hall–Kier alpha value is -8.02. The number of hydrogen-bond acceptors (Lipinski definition) is 4. The molecule has 0 N–H and O–H groups in total. The topological polar surface area (TPSA) is 47.6 Å². The van der Waals surface area contributed by atoms with E-state index in [0.717, 1.165) is 121 Å². The first-order chi connectivity index (χ1) is 29.3. The third-order valence-electron chi connectivity index (χ3n) is 12.0. The quantitative estimate of drug-likeness (QED) is 0.175. The lowest BCUT2D eigenvalue weighted by atomic mass is 9.93. The molecule has 9 aromatic carbocycles. The maximum absolute atomic E-state index is 6.73. The van der Waals surface area contributed by atoms with Gasteiger partial charge in [-0.2, -0.15) is 0 Å². The highest BCUT2D eigenvalue weighted by Crippen LogP contribution is 2.49. The minimum Gasteiger partial charge on any atom is -0.456 e. The lowest BCUT2D eigenvalue weighted by Gasteiger charge is -2.25. The molecule has 276 valence electrons. The molecule has 0 spiro atoms. The molecular weight excluding hydrogens is 725 g/mol. The van der Waals surface area contributed by atoms with Gasteiger partial charge in [0.25, 0.3) is 0 Å². The lowest BCUT2D eigenvalue weighted by Crippen LogP contribution is -2.09. The molecule has 0 aliphatic carbocycles. The van der Waals surface area contributed by atoms with Gasteiger partial charge >= 0.3 is 0 Å². The van der Waals surface area contributed by atoms with E-state index in [-0.39, 0.29) is 0 Å². The minimum atomic E-state index is 0.832. The van der Waals surface area contributed by atoms with Gasteiger partial charge in [-0.15, -0.1) is 0 Å². The third kappa shape index (κ3) is 4.67. The van der Waals surface area contributed by atoms with Crippen molar-refractivity contribution in [2.45, 2.75) is 0 Å². The Kier molecular flexibility index (Phi) is 6.66. The molecule has 0 amide bonds. The number of fused-ring (bicyclic) bond motifs is 12. The molecule has 5 heteroatoms. The predicted molar refractivity (Wildman–Crippen MR) is 243 cm³/mol. The summed E-state index contributed by atoms with van der Waals surface area (Å²) in [5.74, 6) is 0. The highest BCUT2D eigenvalue weighted by atomic mass is 16.3. The Labute approximate surface area is 337 Å². The van der Waals surface area contributed by atoms with Crippen LogP contribution in [0, 0.1) is 0 Å². The Morgan fingerprint density at radius 1 is 0.339 bits per heavy atom. The lowest BCUT2D eigenvalue weighted by molar-refractivity contribution is 0.668. The number of hydrogen-bond donors (Lipinski definition) is 0. The molecule has 4 heterocycles. The van der Waals surface area contributed by atoms with Gasteiger partial charge in [0, 0.05) is 89.1 Å². The van der Waals surface area contributed by atoms with Crippen molar-refractivity contribution >= 4 is 105 Å². The van der Waals surface area contributed by atoms with Gasteiger partial charge in [-0.3, -0.25) is 0 Å². The fraction of sp³-hybridized carbons (Fsp3) is 0. The zero-order valence-electron chi connectivity index (χ0n) is 31.6. The van der Waals surface area contributed by atoms with E-state index < -0.39 is 0 Å². The Bertz CT molecular complexity index is 3790. The summed E-state index contributed by atoms with van der Waals surface area (Å²) >= 11 is 0. The maximum atomic E-state index is 6.73. The van der Waals surface area contributed by atoms with Crippen LogP contribution in [0.15, 0.2) is 207 Å². The second kappa shape index (κ2) is 12.2. The average molecular weight is 757 g/mol. The first-order valence-corrected chi connectivity index (χ1v) is 19.9. The normalized spacial score (nSPS) is 12.1. The molecule has 0 aliphatic heterocycles. The van der Waals surface area contributed by atoms with Crippen molar-refractivity contribution in [3.05, 3.63) is 194 Å². The number of anilines is 3. The van der Waals surface area contributed by atoms with Crippen molar-refractivity contribution in [1.82, 2.24) is 4.57 Å². The van der Waals surface area contributed by atoms with Crippen molar-refractivity contribution in [3.63, 3.8) is 0 Å². The van der Waals surface area contributed by atoms with E-state index >= 15 is 0 Å². The first kappa shape index (κ1) is 32.1. The molecule has 59 heavy (non-hydrogen) atoms. The molecule has 5 nitrogen and oxygen atoms in total. The minimum absolute atomic E-state index is 0.832. The molecule has 0 saturated carbocycles. The highest BCUT2D eigenvalue weighted by molar-refractivity contribution is 6.29. The summed E-state index contributed by atoms with van der Waals surface area (Å²) in [4.78, 5) is 2.28.